The average molecular weight is 226 g/mol. The maximum atomic E-state index is 5.56. The fourth-order valence-electron chi connectivity index (χ4n) is 1.98. The van der Waals surface area contributed by atoms with E-state index in [1.807, 2.05) is 6.08 Å². The molecule has 0 aromatic rings. The molecule has 3 N–H and O–H groups in total. The van der Waals surface area contributed by atoms with Gasteiger partial charge in [0.2, 0.25) is 0 Å². The van der Waals surface area contributed by atoms with Crippen molar-refractivity contribution >= 4 is 0 Å². The molecule has 0 radical (unpaired) electrons. The van der Waals surface area contributed by atoms with Crippen LogP contribution in [0.1, 0.15) is 71.1 Å². The maximum absolute atomic E-state index is 5.56. The fourth-order valence-corrected chi connectivity index (χ4v) is 1.98. The van der Waals surface area contributed by atoms with Crippen molar-refractivity contribution in [2.75, 3.05) is 0 Å². The molecule has 0 aromatic heterocycles. The summed E-state index contributed by atoms with van der Waals surface area (Å²) in [5.74, 6) is 5.56. The second-order valence-corrected chi connectivity index (χ2v) is 4.64. The Bertz CT molecular complexity index is 146. The van der Waals surface area contributed by atoms with Crippen LogP contribution in [0.25, 0.3) is 0 Å². The molecule has 0 aliphatic carbocycles. The maximum Gasteiger partial charge on any atom is 0.0210 e. The number of rotatable bonds is 12. The zero-order valence-corrected chi connectivity index (χ0v) is 11.0. The lowest BCUT2D eigenvalue weighted by Crippen LogP contribution is -2.34. The first-order valence-electron chi connectivity index (χ1n) is 6.92. The summed E-state index contributed by atoms with van der Waals surface area (Å²) in [5.41, 5.74) is 2.95. The molecule has 0 aromatic carbocycles. The van der Waals surface area contributed by atoms with Gasteiger partial charge in [-0.15, -0.1) is 6.58 Å². The van der Waals surface area contributed by atoms with E-state index in [4.69, 9.17) is 5.84 Å². The van der Waals surface area contributed by atoms with Gasteiger partial charge in [0.15, 0.2) is 0 Å². The second kappa shape index (κ2) is 12.7. The van der Waals surface area contributed by atoms with E-state index < -0.39 is 0 Å². The molecule has 16 heavy (non-hydrogen) atoms. The summed E-state index contributed by atoms with van der Waals surface area (Å²) >= 11 is 0. The van der Waals surface area contributed by atoms with Gasteiger partial charge in [0.05, 0.1) is 0 Å². The third-order valence-corrected chi connectivity index (χ3v) is 3.10. The van der Waals surface area contributed by atoms with Crippen molar-refractivity contribution in [1.29, 1.82) is 0 Å². The minimum Gasteiger partial charge on any atom is -0.271 e. The number of nitrogens with two attached hydrogens (primary N) is 1. The molecule has 0 saturated heterocycles. The second-order valence-electron chi connectivity index (χ2n) is 4.64. The Morgan fingerprint density at radius 1 is 1.06 bits per heavy atom. The first kappa shape index (κ1) is 15.7. The lowest BCUT2D eigenvalue weighted by Gasteiger charge is -2.15. The fraction of sp³-hybridized carbons (Fsp3) is 0.857. The van der Waals surface area contributed by atoms with Crippen LogP contribution in [0.2, 0.25) is 0 Å². The van der Waals surface area contributed by atoms with Crippen molar-refractivity contribution in [2.45, 2.75) is 77.2 Å². The number of nitrogens with one attached hydrogen (secondary N) is 1. The predicted octanol–water partition coefficient (Wildman–Crippen LogP) is 3.93. The van der Waals surface area contributed by atoms with E-state index in [9.17, 15) is 0 Å². The average Bonchev–Trinajstić information content (AvgIpc) is 2.31. The smallest absolute Gasteiger partial charge is 0.0210 e. The summed E-state index contributed by atoms with van der Waals surface area (Å²) in [7, 11) is 0. The van der Waals surface area contributed by atoms with Crippen LogP contribution in [0.4, 0.5) is 0 Å². The van der Waals surface area contributed by atoms with E-state index in [0.717, 1.165) is 6.42 Å². The highest BCUT2D eigenvalue weighted by Crippen LogP contribution is 2.11. The largest absolute Gasteiger partial charge is 0.271 e. The van der Waals surface area contributed by atoms with Crippen LogP contribution in [0.3, 0.4) is 0 Å². The van der Waals surface area contributed by atoms with Gasteiger partial charge in [-0.1, -0.05) is 51.5 Å². The molecule has 0 heterocycles. The molecule has 0 saturated carbocycles. The molecule has 96 valence electrons. The summed E-state index contributed by atoms with van der Waals surface area (Å²) in [5, 5.41) is 0. The molecular formula is C14H30N2. The van der Waals surface area contributed by atoms with Crippen molar-refractivity contribution in [3.8, 4) is 0 Å². The van der Waals surface area contributed by atoms with Crippen LogP contribution >= 0.6 is 0 Å². The van der Waals surface area contributed by atoms with Gasteiger partial charge >= 0.3 is 0 Å². The topological polar surface area (TPSA) is 38.0 Å². The van der Waals surface area contributed by atoms with Crippen LogP contribution in [-0.4, -0.2) is 6.04 Å². The summed E-state index contributed by atoms with van der Waals surface area (Å²) in [6.07, 6.45) is 14.8. The first-order valence-corrected chi connectivity index (χ1v) is 6.92. The lowest BCUT2D eigenvalue weighted by atomic mass is 10.0. The van der Waals surface area contributed by atoms with Gasteiger partial charge < -0.3 is 0 Å². The van der Waals surface area contributed by atoms with Gasteiger partial charge in [0, 0.05) is 6.04 Å². The molecule has 0 spiro atoms. The highest BCUT2D eigenvalue weighted by atomic mass is 15.2. The van der Waals surface area contributed by atoms with Gasteiger partial charge in [0.1, 0.15) is 0 Å². The van der Waals surface area contributed by atoms with E-state index in [1.165, 1.54) is 57.8 Å². The zero-order chi connectivity index (χ0) is 12.1. The quantitative estimate of drug-likeness (QED) is 0.229. The Kier molecular flexibility index (Phi) is 12.5. The predicted molar refractivity (Wildman–Crippen MR) is 73.2 cm³/mol. The van der Waals surface area contributed by atoms with Gasteiger partial charge in [-0.3, -0.25) is 11.3 Å². The van der Waals surface area contributed by atoms with Gasteiger partial charge in [0.25, 0.3) is 0 Å². The molecule has 2 nitrogen and oxygen atoms in total. The van der Waals surface area contributed by atoms with Crippen LogP contribution in [0, 0.1) is 0 Å². The van der Waals surface area contributed by atoms with Crippen molar-refractivity contribution < 1.29 is 0 Å². The van der Waals surface area contributed by atoms with Crippen molar-refractivity contribution in [3.63, 3.8) is 0 Å². The third-order valence-electron chi connectivity index (χ3n) is 3.10. The van der Waals surface area contributed by atoms with Crippen LogP contribution < -0.4 is 11.3 Å². The van der Waals surface area contributed by atoms with Crippen LogP contribution in [0.5, 0.6) is 0 Å². The highest BCUT2D eigenvalue weighted by Gasteiger charge is 2.05. The van der Waals surface area contributed by atoms with Crippen molar-refractivity contribution in [1.82, 2.24) is 5.43 Å². The van der Waals surface area contributed by atoms with E-state index in [-0.39, 0.29) is 0 Å². The molecule has 0 rings (SSSR count). The van der Waals surface area contributed by atoms with Crippen LogP contribution in [-0.2, 0) is 0 Å². The Hall–Kier alpha value is -0.340. The molecule has 0 bridgehead atoms. The summed E-state index contributed by atoms with van der Waals surface area (Å²) in [6, 6.07) is 0.528. The third kappa shape index (κ3) is 10.2. The molecule has 1 unspecified atom stereocenters. The normalized spacial score (nSPS) is 12.6. The molecule has 0 aliphatic heterocycles. The molecule has 0 aliphatic rings. The number of allylic oxidation sites excluding steroid dienone is 1. The molecule has 0 fully saturated rings. The Morgan fingerprint density at radius 2 is 1.69 bits per heavy atom. The van der Waals surface area contributed by atoms with Crippen molar-refractivity contribution in [2.24, 2.45) is 5.84 Å². The van der Waals surface area contributed by atoms with Gasteiger partial charge in [-0.25, -0.2) is 0 Å². The minimum atomic E-state index is 0.528. The van der Waals surface area contributed by atoms with Gasteiger partial charge in [-0.2, -0.15) is 0 Å². The molecule has 1 atom stereocenters. The molecule has 0 amide bonds. The Balaban J connectivity index is 3.32. The number of hydrogen-bond donors (Lipinski definition) is 2. The first-order chi connectivity index (χ1) is 7.85. The summed E-state index contributed by atoms with van der Waals surface area (Å²) in [4.78, 5) is 0. The van der Waals surface area contributed by atoms with Gasteiger partial charge in [-0.05, 0) is 25.7 Å². The lowest BCUT2D eigenvalue weighted by molar-refractivity contribution is 0.423. The SMILES string of the molecule is C=CCCCCCC(CCCCCC)NN. The standard InChI is InChI=1S/C14H30N2/c1-3-5-7-9-11-13-14(16-15)12-10-8-6-4-2/h3,14,16H,1,4-13,15H2,2H3. The van der Waals surface area contributed by atoms with Crippen LogP contribution in [0.15, 0.2) is 12.7 Å². The highest BCUT2D eigenvalue weighted by molar-refractivity contribution is 4.67. The van der Waals surface area contributed by atoms with E-state index >= 15 is 0 Å². The Labute approximate surface area is 102 Å². The van der Waals surface area contributed by atoms with Crippen molar-refractivity contribution in [3.05, 3.63) is 12.7 Å². The summed E-state index contributed by atoms with van der Waals surface area (Å²) < 4.78 is 0. The molecular weight excluding hydrogens is 196 g/mol. The number of hydrogen-bond acceptors (Lipinski definition) is 2. The zero-order valence-electron chi connectivity index (χ0n) is 11.0. The monoisotopic (exact) mass is 226 g/mol. The minimum absolute atomic E-state index is 0.528. The van der Waals surface area contributed by atoms with E-state index in [1.54, 1.807) is 0 Å². The summed E-state index contributed by atoms with van der Waals surface area (Å²) in [6.45, 7) is 5.98. The molecule has 2 heteroatoms. The van der Waals surface area contributed by atoms with E-state index in [2.05, 4.69) is 18.9 Å². The number of hydrazine groups is 1. The number of unbranched alkanes of at least 4 members (excludes halogenated alkanes) is 6. The van der Waals surface area contributed by atoms with E-state index in [0.29, 0.717) is 6.04 Å². The Morgan fingerprint density at radius 3 is 2.19 bits per heavy atom.